The summed E-state index contributed by atoms with van der Waals surface area (Å²) in [4.78, 5) is 0. The zero-order valence-electron chi connectivity index (χ0n) is 6.66. The Morgan fingerprint density at radius 3 is 1.64 bits per heavy atom. The smallest absolute Gasteiger partial charge is 0.400 e. The van der Waals surface area contributed by atoms with Gasteiger partial charge in [-0.1, -0.05) is 6.07 Å². The molecule has 0 saturated carbocycles. The largest absolute Gasteiger partial charge is 2.00 e. The van der Waals surface area contributed by atoms with Gasteiger partial charge in [0.15, 0.2) is 0 Å². The number of hydrogen-bond acceptors (Lipinski definition) is 1. The summed E-state index contributed by atoms with van der Waals surface area (Å²) in [5.74, 6) is 0. The van der Waals surface area contributed by atoms with E-state index in [4.69, 9.17) is 5.11 Å². The van der Waals surface area contributed by atoms with Crippen LogP contribution in [0.3, 0.4) is 0 Å². The minimum absolute atomic E-state index is 0. The summed E-state index contributed by atoms with van der Waals surface area (Å²) in [7, 11) is 1.00. The van der Waals surface area contributed by atoms with E-state index >= 15 is 0 Å². The van der Waals surface area contributed by atoms with Gasteiger partial charge in [-0.05, 0) is 0 Å². The van der Waals surface area contributed by atoms with Gasteiger partial charge in [0.25, 0.3) is 0 Å². The minimum atomic E-state index is 0. The summed E-state index contributed by atoms with van der Waals surface area (Å²) in [5, 5.41) is 7.00. The molecule has 1 N–H and O–H groups in total. The second-order valence-corrected chi connectivity index (χ2v) is 1.49. The fourth-order valence-electron chi connectivity index (χ4n) is 0.478. The quantitative estimate of drug-likeness (QED) is 0.529. The van der Waals surface area contributed by atoms with Crippen molar-refractivity contribution in [2.24, 2.45) is 0 Å². The fourth-order valence-corrected chi connectivity index (χ4v) is 0.478. The van der Waals surface area contributed by atoms with Crippen LogP contribution in [0.1, 0.15) is 5.56 Å². The van der Waals surface area contributed by atoms with Gasteiger partial charge in [-0.3, -0.25) is 0 Å². The number of halogens is 1. The molecule has 0 unspecified atom stereocenters. The predicted molar refractivity (Wildman–Crippen MR) is 55.1 cm³/mol. The Labute approximate surface area is 94.7 Å². The molecule has 0 atom stereocenters. The molecule has 0 amide bonds. The van der Waals surface area contributed by atoms with Crippen LogP contribution < -0.4 is 0 Å². The van der Waals surface area contributed by atoms with Crippen molar-refractivity contribution in [2.45, 2.75) is 0 Å². The summed E-state index contributed by atoms with van der Waals surface area (Å²) in [6, 6.07) is 9.87. The Kier molecular flexibility index (Phi) is 20.4. The molecule has 0 aliphatic heterocycles. The molecule has 0 saturated heterocycles. The third-order valence-corrected chi connectivity index (χ3v) is 0.843. The van der Waals surface area contributed by atoms with Crippen molar-refractivity contribution in [1.82, 2.24) is 0 Å². The van der Waals surface area contributed by atoms with Crippen molar-refractivity contribution in [3.63, 3.8) is 0 Å². The van der Waals surface area contributed by atoms with E-state index in [2.05, 4.69) is 6.92 Å². The van der Waals surface area contributed by atoms with Gasteiger partial charge in [0.2, 0.25) is 0 Å². The first kappa shape index (κ1) is 17.4. The maximum Gasteiger partial charge on any atom is 2.00 e. The van der Waals surface area contributed by atoms with E-state index in [9.17, 15) is 0 Å². The molecule has 0 aromatic heterocycles. The Morgan fingerprint density at radius 1 is 1.09 bits per heavy atom. The van der Waals surface area contributed by atoms with Crippen LogP contribution in [0.4, 0.5) is 0 Å². The monoisotopic (exact) mass is 227 g/mol. The first-order valence-electron chi connectivity index (χ1n) is 2.71. The van der Waals surface area contributed by atoms with Crippen LogP contribution in [0.25, 0.3) is 0 Å². The summed E-state index contributed by atoms with van der Waals surface area (Å²) in [6.45, 7) is 3.72. The molecule has 0 heterocycles. The number of benzene rings is 1. The standard InChI is InChI=1S/C7H7.CH4O.BrH.Mg/c1-7-5-3-2-4-6-7;1-2;;/h2-6H,1H2;2H,1H3;1H;/q-1;;;+2. The summed E-state index contributed by atoms with van der Waals surface area (Å²) in [5.41, 5.74) is 1.07. The van der Waals surface area contributed by atoms with Crippen molar-refractivity contribution < 1.29 is 5.11 Å². The molecule has 0 aliphatic rings. The molecule has 1 rings (SSSR count). The number of aliphatic hydroxyl groups is 1. The topological polar surface area (TPSA) is 20.2 Å². The SMILES string of the molecule is Br.CO.[CH2-]c1ccccc1.[Mg+2]. The number of rotatable bonds is 0. The average Bonchev–Trinajstić information content (AvgIpc) is 1.94. The zero-order valence-corrected chi connectivity index (χ0v) is 9.78. The normalized spacial score (nSPS) is 6.00. The molecule has 1 aromatic carbocycles. The summed E-state index contributed by atoms with van der Waals surface area (Å²) >= 11 is 0. The minimum Gasteiger partial charge on any atom is -0.400 e. The molecule has 0 fully saturated rings. The molecule has 1 aromatic rings. The Hall–Kier alpha value is 0.296. The van der Waals surface area contributed by atoms with Gasteiger partial charge in [-0.25, -0.2) is 0 Å². The van der Waals surface area contributed by atoms with E-state index in [1.807, 2.05) is 30.3 Å². The second kappa shape index (κ2) is 12.9. The van der Waals surface area contributed by atoms with Gasteiger partial charge in [-0.15, -0.1) is 29.1 Å². The molecule has 3 heteroatoms. The van der Waals surface area contributed by atoms with Gasteiger partial charge in [0.05, 0.1) is 0 Å². The van der Waals surface area contributed by atoms with Gasteiger partial charge in [-0.2, -0.15) is 24.6 Å². The van der Waals surface area contributed by atoms with Crippen molar-refractivity contribution in [3.8, 4) is 0 Å². The number of aliphatic hydroxyl groups excluding tert-OH is 1. The summed E-state index contributed by atoms with van der Waals surface area (Å²) < 4.78 is 0. The van der Waals surface area contributed by atoms with Crippen LogP contribution >= 0.6 is 17.0 Å². The Morgan fingerprint density at radius 2 is 1.45 bits per heavy atom. The van der Waals surface area contributed by atoms with Crippen molar-refractivity contribution in [3.05, 3.63) is 42.8 Å². The maximum absolute atomic E-state index is 7.00. The molecular weight excluding hydrogens is 216 g/mol. The van der Waals surface area contributed by atoms with E-state index in [1.54, 1.807) is 0 Å². The third-order valence-electron chi connectivity index (χ3n) is 0.843. The van der Waals surface area contributed by atoms with Crippen molar-refractivity contribution in [2.75, 3.05) is 7.11 Å². The Bertz CT molecular complexity index is 144. The number of hydrogen-bond donors (Lipinski definition) is 1. The molecule has 0 spiro atoms. The first-order valence-corrected chi connectivity index (χ1v) is 2.71. The van der Waals surface area contributed by atoms with Crippen molar-refractivity contribution >= 4 is 40.0 Å². The van der Waals surface area contributed by atoms with E-state index in [-0.39, 0.29) is 40.0 Å². The maximum atomic E-state index is 7.00. The van der Waals surface area contributed by atoms with Crippen LogP contribution in [0.5, 0.6) is 0 Å². The molecule has 58 valence electrons. The first-order chi connectivity index (χ1) is 4.39. The van der Waals surface area contributed by atoms with Crippen LogP contribution in [0.2, 0.25) is 0 Å². The van der Waals surface area contributed by atoms with E-state index in [1.165, 1.54) is 0 Å². The van der Waals surface area contributed by atoms with Gasteiger partial charge < -0.3 is 5.11 Å². The average molecular weight is 228 g/mol. The van der Waals surface area contributed by atoms with Crippen LogP contribution in [-0.4, -0.2) is 35.3 Å². The third kappa shape index (κ3) is 10.3. The van der Waals surface area contributed by atoms with Gasteiger partial charge in [0.1, 0.15) is 0 Å². The second-order valence-electron chi connectivity index (χ2n) is 1.49. The predicted octanol–water partition coefficient (Wildman–Crippen LogP) is 1.67. The van der Waals surface area contributed by atoms with Crippen LogP contribution in [-0.2, 0) is 0 Å². The van der Waals surface area contributed by atoms with Gasteiger partial charge >= 0.3 is 23.1 Å². The van der Waals surface area contributed by atoms with Crippen LogP contribution in [0.15, 0.2) is 30.3 Å². The van der Waals surface area contributed by atoms with E-state index in [0.29, 0.717) is 0 Å². The van der Waals surface area contributed by atoms with Crippen molar-refractivity contribution in [1.29, 1.82) is 0 Å². The Balaban J connectivity index is -0.000000149. The molecule has 0 aliphatic carbocycles. The molecule has 0 bridgehead atoms. The van der Waals surface area contributed by atoms with E-state index in [0.717, 1.165) is 12.7 Å². The van der Waals surface area contributed by atoms with E-state index < -0.39 is 0 Å². The summed E-state index contributed by atoms with van der Waals surface area (Å²) in [6.07, 6.45) is 0. The molecule has 11 heavy (non-hydrogen) atoms. The molecular formula is C8H12BrMgO+. The zero-order chi connectivity index (χ0) is 7.11. The van der Waals surface area contributed by atoms with Gasteiger partial charge in [0, 0.05) is 7.11 Å². The fraction of sp³-hybridized carbons (Fsp3) is 0.125. The molecule has 0 radical (unpaired) electrons. The van der Waals surface area contributed by atoms with Crippen LogP contribution in [0, 0.1) is 6.92 Å². The molecule has 1 nitrogen and oxygen atoms in total.